The molecule has 0 aliphatic heterocycles. The van der Waals surface area contributed by atoms with Crippen molar-refractivity contribution in [3.63, 3.8) is 0 Å². The van der Waals surface area contributed by atoms with Crippen molar-refractivity contribution in [2.75, 3.05) is 7.05 Å². The van der Waals surface area contributed by atoms with E-state index in [2.05, 4.69) is 17.0 Å². The fourth-order valence-corrected chi connectivity index (χ4v) is 2.71. The van der Waals surface area contributed by atoms with Crippen LogP contribution in [0.3, 0.4) is 0 Å². The molecule has 0 aliphatic rings. The molecule has 0 radical (unpaired) electrons. The summed E-state index contributed by atoms with van der Waals surface area (Å²) in [6.07, 6.45) is 4.36. The first kappa shape index (κ1) is 17.7. The smallest absolute Gasteiger partial charge is 0.251 e. The maximum absolute atomic E-state index is 12.0. The third kappa shape index (κ3) is 5.47. The van der Waals surface area contributed by atoms with Gasteiger partial charge in [0.05, 0.1) is 4.90 Å². The molecule has 0 heterocycles. The van der Waals surface area contributed by atoms with Crippen molar-refractivity contribution in [2.45, 2.75) is 50.5 Å². The molecule has 6 heteroatoms. The van der Waals surface area contributed by atoms with Gasteiger partial charge in [0.25, 0.3) is 5.91 Å². The van der Waals surface area contributed by atoms with Crippen LogP contribution < -0.4 is 10.0 Å². The number of hydrogen-bond donors (Lipinski definition) is 2. The van der Waals surface area contributed by atoms with E-state index in [-0.39, 0.29) is 16.8 Å². The highest BCUT2D eigenvalue weighted by molar-refractivity contribution is 7.89. The Labute approximate surface area is 127 Å². The van der Waals surface area contributed by atoms with Crippen LogP contribution in [0.15, 0.2) is 29.2 Å². The maximum atomic E-state index is 12.0. The second-order valence-corrected chi connectivity index (χ2v) is 6.99. The summed E-state index contributed by atoms with van der Waals surface area (Å²) in [6, 6.07) is 6.03. The summed E-state index contributed by atoms with van der Waals surface area (Å²) in [5.41, 5.74) is 0.465. The maximum Gasteiger partial charge on any atom is 0.251 e. The average molecular weight is 312 g/mol. The molecule has 0 fully saturated rings. The SMILES string of the molecule is CCCCCC(C)NC(=O)c1ccc(S(=O)(=O)NC)cc1. The normalized spacial score (nSPS) is 12.9. The van der Waals surface area contributed by atoms with Crippen LogP contribution in [0, 0.1) is 0 Å². The monoisotopic (exact) mass is 312 g/mol. The molecule has 0 saturated heterocycles. The number of rotatable bonds is 8. The van der Waals surface area contributed by atoms with Gasteiger partial charge in [-0.3, -0.25) is 4.79 Å². The van der Waals surface area contributed by atoms with E-state index in [1.165, 1.54) is 31.3 Å². The van der Waals surface area contributed by atoms with E-state index in [0.717, 1.165) is 25.7 Å². The molecule has 1 atom stereocenters. The molecular formula is C15H24N2O3S. The van der Waals surface area contributed by atoms with Crippen molar-refractivity contribution < 1.29 is 13.2 Å². The zero-order valence-electron chi connectivity index (χ0n) is 12.8. The van der Waals surface area contributed by atoms with Crippen molar-refractivity contribution >= 4 is 15.9 Å². The first-order valence-corrected chi connectivity index (χ1v) is 8.73. The molecule has 1 amide bonds. The second kappa shape index (κ2) is 8.14. The van der Waals surface area contributed by atoms with Crippen LogP contribution >= 0.6 is 0 Å². The molecule has 21 heavy (non-hydrogen) atoms. The van der Waals surface area contributed by atoms with E-state index < -0.39 is 10.0 Å². The fourth-order valence-electron chi connectivity index (χ4n) is 1.98. The van der Waals surface area contributed by atoms with Crippen LogP contribution in [0.5, 0.6) is 0 Å². The van der Waals surface area contributed by atoms with Crippen molar-refractivity contribution in [3.05, 3.63) is 29.8 Å². The number of unbranched alkanes of at least 4 members (excludes halogenated alkanes) is 2. The Morgan fingerprint density at radius 3 is 2.33 bits per heavy atom. The molecule has 1 aromatic carbocycles. The molecule has 0 bridgehead atoms. The summed E-state index contributed by atoms with van der Waals surface area (Å²) >= 11 is 0. The zero-order chi connectivity index (χ0) is 15.9. The molecule has 1 aromatic rings. The Morgan fingerprint density at radius 2 is 1.81 bits per heavy atom. The van der Waals surface area contributed by atoms with Crippen molar-refractivity contribution in [1.82, 2.24) is 10.0 Å². The topological polar surface area (TPSA) is 75.3 Å². The van der Waals surface area contributed by atoms with Gasteiger partial charge in [-0.05, 0) is 44.7 Å². The summed E-state index contributed by atoms with van der Waals surface area (Å²) in [4.78, 5) is 12.2. The molecule has 5 nitrogen and oxygen atoms in total. The number of hydrogen-bond acceptors (Lipinski definition) is 3. The lowest BCUT2D eigenvalue weighted by Gasteiger charge is -2.13. The number of carbonyl (C=O) groups is 1. The van der Waals surface area contributed by atoms with Gasteiger partial charge in [0.2, 0.25) is 10.0 Å². The van der Waals surface area contributed by atoms with Crippen LogP contribution in [-0.4, -0.2) is 27.4 Å². The lowest BCUT2D eigenvalue weighted by molar-refractivity contribution is 0.0938. The summed E-state index contributed by atoms with van der Waals surface area (Å²) in [5.74, 6) is -0.174. The van der Waals surface area contributed by atoms with Crippen LogP contribution in [0.4, 0.5) is 0 Å². The first-order valence-electron chi connectivity index (χ1n) is 7.25. The van der Waals surface area contributed by atoms with E-state index in [9.17, 15) is 13.2 Å². The average Bonchev–Trinajstić information content (AvgIpc) is 2.47. The summed E-state index contributed by atoms with van der Waals surface area (Å²) in [6.45, 7) is 4.12. The lowest BCUT2D eigenvalue weighted by atomic mass is 10.1. The number of nitrogens with one attached hydrogen (secondary N) is 2. The number of benzene rings is 1. The highest BCUT2D eigenvalue weighted by Gasteiger charge is 2.13. The standard InChI is InChI=1S/C15H24N2O3S/c1-4-5-6-7-12(2)17-15(18)13-8-10-14(11-9-13)21(19,20)16-3/h8-12,16H,4-7H2,1-3H3,(H,17,18). The van der Waals surface area contributed by atoms with E-state index in [1.54, 1.807) is 0 Å². The minimum Gasteiger partial charge on any atom is -0.350 e. The van der Waals surface area contributed by atoms with Crippen LogP contribution in [0.2, 0.25) is 0 Å². The highest BCUT2D eigenvalue weighted by Crippen LogP contribution is 2.11. The molecule has 0 saturated carbocycles. The van der Waals surface area contributed by atoms with E-state index >= 15 is 0 Å². The Morgan fingerprint density at radius 1 is 1.19 bits per heavy atom. The fraction of sp³-hybridized carbons (Fsp3) is 0.533. The van der Waals surface area contributed by atoms with Gasteiger partial charge in [-0.2, -0.15) is 0 Å². The zero-order valence-corrected chi connectivity index (χ0v) is 13.7. The highest BCUT2D eigenvalue weighted by atomic mass is 32.2. The Kier molecular flexibility index (Phi) is 6.84. The number of amides is 1. The third-order valence-corrected chi connectivity index (χ3v) is 4.74. The van der Waals surface area contributed by atoms with Gasteiger partial charge in [-0.15, -0.1) is 0 Å². The lowest BCUT2D eigenvalue weighted by Crippen LogP contribution is -2.32. The van der Waals surface area contributed by atoms with Gasteiger partial charge in [-0.1, -0.05) is 26.2 Å². The van der Waals surface area contributed by atoms with Gasteiger partial charge in [-0.25, -0.2) is 13.1 Å². The van der Waals surface area contributed by atoms with Gasteiger partial charge in [0, 0.05) is 11.6 Å². The summed E-state index contributed by atoms with van der Waals surface area (Å²) in [5, 5.41) is 2.92. The van der Waals surface area contributed by atoms with E-state index in [0.29, 0.717) is 5.56 Å². The molecule has 0 aromatic heterocycles. The third-order valence-electron chi connectivity index (χ3n) is 3.31. The van der Waals surface area contributed by atoms with Gasteiger partial charge in [0.1, 0.15) is 0 Å². The van der Waals surface area contributed by atoms with E-state index in [1.807, 2.05) is 6.92 Å². The minimum absolute atomic E-state index is 0.116. The quantitative estimate of drug-likeness (QED) is 0.723. The van der Waals surface area contributed by atoms with Gasteiger partial charge < -0.3 is 5.32 Å². The van der Waals surface area contributed by atoms with Crippen molar-refractivity contribution in [1.29, 1.82) is 0 Å². The van der Waals surface area contributed by atoms with E-state index in [4.69, 9.17) is 0 Å². The van der Waals surface area contributed by atoms with Crippen LogP contribution in [0.1, 0.15) is 49.9 Å². The van der Waals surface area contributed by atoms with Crippen molar-refractivity contribution in [2.24, 2.45) is 0 Å². The summed E-state index contributed by atoms with van der Waals surface area (Å²) in [7, 11) is -2.11. The van der Waals surface area contributed by atoms with Crippen molar-refractivity contribution in [3.8, 4) is 0 Å². The second-order valence-electron chi connectivity index (χ2n) is 5.10. The molecule has 1 rings (SSSR count). The number of carbonyl (C=O) groups excluding carboxylic acids is 1. The Bertz CT molecular complexity index is 553. The molecular weight excluding hydrogens is 288 g/mol. The molecule has 0 spiro atoms. The number of sulfonamides is 1. The first-order chi connectivity index (χ1) is 9.90. The predicted octanol–water partition coefficient (Wildman–Crippen LogP) is 2.29. The largest absolute Gasteiger partial charge is 0.350 e. The molecule has 0 aliphatic carbocycles. The molecule has 1 unspecified atom stereocenters. The Hall–Kier alpha value is -1.40. The van der Waals surface area contributed by atoms with Gasteiger partial charge in [0.15, 0.2) is 0 Å². The van der Waals surface area contributed by atoms with Crippen LogP contribution in [-0.2, 0) is 10.0 Å². The minimum atomic E-state index is -3.46. The molecule has 118 valence electrons. The predicted molar refractivity (Wildman–Crippen MR) is 83.8 cm³/mol. The van der Waals surface area contributed by atoms with Crippen LogP contribution in [0.25, 0.3) is 0 Å². The molecule has 2 N–H and O–H groups in total. The Balaban J connectivity index is 2.63. The van der Waals surface area contributed by atoms with Gasteiger partial charge >= 0.3 is 0 Å². The summed E-state index contributed by atoms with van der Waals surface area (Å²) < 4.78 is 25.4.